The third-order valence-corrected chi connectivity index (χ3v) is 6.46. The largest absolute Gasteiger partial charge is 0.392 e. The van der Waals surface area contributed by atoms with E-state index in [2.05, 4.69) is 46.6 Å². The molecule has 3 aromatic carbocycles. The molecule has 0 radical (unpaired) electrons. The highest BCUT2D eigenvalue weighted by atomic mass is 16.3. The van der Waals surface area contributed by atoms with Crippen molar-refractivity contribution >= 4 is 5.91 Å². The van der Waals surface area contributed by atoms with Gasteiger partial charge in [0.15, 0.2) is 0 Å². The average Bonchev–Trinajstić information content (AvgIpc) is 3.25. The molecule has 0 aromatic heterocycles. The van der Waals surface area contributed by atoms with E-state index in [1.165, 1.54) is 0 Å². The Morgan fingerprint density at radius 2 is 1.48 bits per heavy atom. The molecule has 0 bridgehead atoms. The second-order valence-electron chi connectivity index (χ2n) is 8.28. The molecule has 1 heterocycles. The Labute approximate surface area is 184 Å². The maximum absolute atomic E-state index is 13.9. The van der Waals surface area contributed by atoms with Crippen molar-refractivity contribution in [2.24, 2.45) is 0 Å². The van der Waals surface area contributed by atoms with Gasteiger partial charge >= 0.3 is 0 Å². The minimum atomic E-state index is -0.911. The summed E-state index contributed by atoms with van der Waals surface area (Å²) in [6.07, 6.45) is 0.463. The predicted molar refractivity (Wildman–Crippen MR) is 124 cm³/mol. The summed E-state index contributed by atoms with van der Waals surface area (Å²) < 4.78 is 0. The van der Waals surface area contributed by atoms with Crippen molar-refractivity contribution < 1.29 is 9.90 Å². The van der Waals surface area contributed by atoms with Crippen LogP contribution in [0.1, 0.15) is 29.0 Å². The minimum Gasteiger partial charge on any atom is -0.392 e. The van der Waals surface area contributed by atoms with Crippen LogP contribution in [-0.2, 0) is 10.2 Å². The standard InChI is InChI=1S/C27H30N2O2/c1-28-26(31)27(22-13-7-3-8-14-22,23-15-9-4-10-16-23)25(21-11-5-2-6-12-21)20-29-18-17-24(30)19-29/h2-16,24-25,30H,17-20H2,1H3,(H,28,31)/t24-,25-/m0/s1. The summed E-state index contributed by atoms with van der Waals surface area (Å²) in [5.74, 6) is -0.165. The first-order valence-electron chi connectivity index (χ1n) is 10.9. The molecule has 1 saturated heterocycles. The molecule has 0 spiro atoms. The van der Waals surface area contributed by atoms with Gasteiger partial charge in [-0.3, -0.25) is 4.79 Å². The van der Waals surface area contributed by atoms with E-state index in [9.17, 15) is 9.90 Å². The number of β-amino-alcohol motifs (C(OH)–C–C–N with tert-alkyl or cyclic N) is 1. The molecule has 31 heavy (non-hydrogen) atoms. The lowest BCUT2D eigenvalue weighted by atomic mass is 9.62. The Hall–Kier alpha value is -2.95. The second kappa shape index (κ2) is 9.46. The summed E-state index contributed by atoms with van der Waals surface area (Å²) in [5, 5.41) is 13.1. The number of carbonyl (C=O) groups excluding carboxylic acids is 1. The number of benzene rings is 3. The van der Waals surface area contributed by atoms with Crippen LogP contribution in [0.5, 0.6) is 0 Å². The number of carbonyl (C=O) groups is 1. The van der Waals surface area contributed by atoms with E-state index in [1.807, 2.05) is 54.6 Å². The molecule has 160 valence electrons. The maximum Gasteiger partial charge on any atom is 0.235 e. The van der Waals surface area contributed by atoms with Crippen molar-refractivity contribution in [1.29, 1.82) is 0 Å². The number of hydrogen-bond acceptors (Lipinski definition) is 3. The van der Waals surface area contributed by atoms with Gasteiger partial charge in [0.05, 0.1) is 6.10 Å². The molecular weight excluding hydrogens is 384 g/mol. The Balaban J connectivity index is 1.96. The zero-order valence-electron chi connectivity index (χ0n) is 17.9. The van der Waals surface area contributed by atoms with E-state index in [0.717, 1.165) is 29.7 Å². The van der Waals surface area contributed by atoms with Crippen molar-refractivity contribution in [3.8, 4) is 0 Å². The average molecular weight is 415 g/mol. The van der Waals surface area contributed by atoms with Crippen molar-refractivity contribution in [3.05, 3.63) is 108 Å². The summed E-state index contributed by atoms with van der Waals surface area (Å²) in [5.41, 5.74) is 2.13. The number of nitrogens with zero attached hydrogens (tertiary/aromatic N) is 1. The first kappa shape index (κ1) is 21.3. The van der Waals surface area contributed by atoms with Crippen LogP contribution in [0.2, 0.25) is 0 Å². The van der Waals surface area contributed by atoms with Gasteiger partial charge in [-0.05, 0) is 23.1 Å². The molecule has 1 aliphatic heterocycles. The van der Waals surface area contributed by atoms with E-state index in [1.54, 1.807) is 7.05 Å². The minimum absolute atomic E-state index is 0.0292. The molecule has 0 unspecified atom stereocenters. The van der Waals surface area contributed by atoms with Crippen LogP contribution in [0.4, 0.5) is 0 Å². The Kier molecular flexibility index (Phi) is 6.50. The topological polar surface area (TPSA) is 52.6 Å². The van der Waals surface area contributed by atoms with Gasteiger partial charge < -0.3 is 15.3 Å². The highest BCUT2D eigenvalue weighted by molar-refractivity contribution is 5.93. The van der Waals surface area contributed by atoms with Crippen molar-refractivity contribution in [3.63, 3.8) is 0 Å². The Bertz CT molecular complexity index is 936. The monoisotopic (exact) mass is 414 g/mol. The van der Waals surface area contributed by atoms with Crippen LogP contribution in [0, 0.1) is 0 Å². The number of aliphatic hydroxyl groups is 1. The lowest BCUT2D eigenvalue weighted by Crippen LogP contribution is -2.51. The molecule has 2 atom stereocenters. The van der Waals surface area contributed by atoms with Gasteiger partial charge in [0.1, 0.15) is 5.41 Å². The normalized spacial score (nSPS) is 17.9. The zero-order chi connectivity index (χ0) is 21.7. The van der Waals surface area contributed by atoms with E-state index in [0.29, 0.717) is 13.1 Å². The first-order chi connectivity index (χ1) is 15.2. The smallest absolute Gasteiger partial charge is 0.235 e. The summed E-state index contributed by atoms with van der Waals surface area (Å²) in [4.78, 5) is 16.2. The van der Waals surface area contributed by atoms with Crippen molar-refractivity contribution in [1.82, 2.24) is 10.2 Å². The summed E-state index contributed by atoms with van der Waals surface area (Å²) in [6, 6.07) is 30.5. The van der Waals surface area contributed by atoms with E-state index < -0.39 is 5.41 Å². The van der Waals surface area contributed by atoms with Crippen LogP contribution < -0.4 is 5.32 Å². The van der Waals surface area contributed by atoms with Gasteiger partial charge in [0, 0.05) is 32.6 Å². The highest BCUT2D eigenvalue weighted by Gasteiger charge is 2.49. The molecule has 2 N–H and O–H groups in total. The fourth-order valence-electron chi connectivity index (χ4n) is 5.00. The summed E-state index contributed by atoms with van der Waals surface area (Å²) in [6.45, 7) is 2.15. The maximum atomic E-state index is 13.9. The Morgan fingerprint density at radius 3 is 1.94 bits per heavy atom. The third kappa shape index (κ3) is 4.14. The summed E-state index contributed by atoms with van der Waals surface area (Å²) in [7, 11) is 1.71. The number of aliphatic hydroxyl groups excluding tert-OH is 1. The van der Waals surface area contributed by atoms with Crippen molar-refractivity contribution in [2.45, 2.75) is 23.9 Å². The van der Waals surface area contributed by atoms with Gasteiger partial charge in [-0.25, -0.2) is 0 Å². The lowest BCUT2D eigenvalue weighted by Gasteiger charge is -2.42. The lowest BCUT2D eigenvalue weighted by molar-refractivity contribution is -0.125. The molecule has 1 fully saturated rings. The highest BCUT2D eigenvalue weighted by Crippen LogP contribution is 2.46. The first-order valence-corrected chi connectivity index (χ1v) is 10.9. The van der Waals surface area contributed by atoms with Gasteiger partial charge in [0.25, 0.3) is 0 Å². The van der Waals surface area contributed by atoms with Crippen LogP contribution in [0.3, 0.4) is 0 Å². The fraction of sp³-hybridized carbons (Fsp3) is 0.296. The van der Waals surface area contributed by atoms with Crippen LogP contribution in [0.15, 0.2) is 91.0 Å². The predicted octanol–water partition coefficient (Wildman–Crippen LogP) is 3.57. The second-order valence-corrected chi connectivity index (χ2v) is 8.28. The molecule has 3 aromatic rings. The number of rotatable bonds is 7. The molecular formula is C27H30N2O2. The fourth-order valence-corrected chi connectivity index (χ4v) is 5.00. The number of hydrogen-bond donors (Lipinski definition) is 2. The third-order valence-electron chi connectivity index (χ3n) is 6.46. The molecule has 4 heteroatoms. The van der Waals surface area contributed by atoms with E-state index >= 15 is 0 Å². The van der Waals surface area contributed by atoms with Gasteiger partial charge in [-0.1, -0.05) is 91.0 Å². The molecule has 1 aliphatic rings. The number of likely N-dealkylation sites (tertiary alicyclic amines) is 1. The van der Waals surface area contributed by atoms with Gasteiger partial charge in [-0.2, -0.15) is 0 Å². The van der Waals surface area contributed by atoms with Gasteiger partial charge in [0.2, 0.25) is 5.91 Å². The SMILES string of the molecule is CNC(=O)C(c1ccccc1)(c1ccccc1)[C@@H](CN1CC[C@H](O)C1)c1ccccc1. The molecule has 0 aliphatic carbocycles. The quantitative estimate of drug-likeness (QED) is 0.622. The Morgan fingerprint density at radius 1 is 0.968 bits per heavy atom. The number of nitrogens with one attached hydrogen (secondary N) is 1. The van der Waals surface area contributed by atoms with Gasteiger partial charge in [-0.15, -0.1) is 0 Å². The molecule has 0 saturated carbocycles. The molecule has 4 rings (SSSR count). The summed E-state index contributed by atoms with van der Waals surface area (Å²) >= 11 is 0. The molecule has 4 nitrogen and oxygen atoms in total. The van der Waals surface area contributed by atoms with Crippen LogP contribution in [-0.4, -0.2) is 48.7 Å². The number of amides is 1. The van der Waals surface area contributed by atoms with Crippen molar-refractivity contribution in [2.75, 3.05) is 26.7 Å². The van der Waals surface area contributed by atoms with Crippen LogP contribution >= 0.6 is 0 Å². The zero-order valence-corrected chi connectivity index (χ0v) is 17.9. The van der Waals surface area contributed by atoms with E-state index in [4.69, 9.17) is 0 Å². The molecule has 1 amide bonds. The number of likely N-dealkylation sites (N-methyl/N-ethyl adjacent to an activating group) is 1. The van der Waals surface area contributed by atoms with Crippen LogP contribution in [0.25, 0.3) is 0 Å². The van der Waals surface area contributed by atoms with E-state index in [-0.39, 0.29) is 17.9 Å².